The van der Waals surface area contributed by atoms with Crippen molar-refractivity contribution in [2.45, 2.75) is 19.9 Å². The van der Waals surface area contributed by atoms with Crippen molar-refractivity contribution in [2.75, 3.05) is 55.4 Å². The number of hydrogen-bond donors (Lipinski definition) is 1. The number of para-hydroxylation sites is 1. The Morgan fingerprint density at radius 3 is 2.50 bits per heavy atom. The summed E-state index contributed by atoms with van der Waals surface area (Å²) in [7, 11) is 4.04. The molecular formula is C31H34N8O. The summed E-state index contributed by atoms with van der Waals surface area (Å²) in [4.78, 5) is 33.8. The molecule has 0 spiro atoms. The number of benzene rings is 2. The predicted molar refractivity (Wildman–Crippen MR) is 161 cm³/mol. The Bertz CT molecular complexity index is 1670. The van der Waals surface area contributed by atoms with Crippen LogP contribution in [0, 0.1) is 6.92 Å². The molecule has 4 heterocycles. The Morgan fingerprint density at radius 1 is 1.00 bits per heavy atom. The van der Waals surface area contributed by atoms with Gasteiger partial charge in [-0.3, -0.25) is 19.2 Å². The number of rotatable bonds is 6. The minimum absolute atomic E-state index is 0.0772. The lowest BCUT2D eigenvalue weighted by atomic mass is 10.1. The van der Waals surface area contributed by atoms with Crippen LogP contribution in [0.4, 0.5) is 17.2 Å². The average molecular weight is 535 g/mol. The van der Waals surface area contributed by atoms with Crippen LogP contribution in [0.3, 0.4) is 0 Å². The van der Waals surface area contributed by atoms with Gasteiger partial charge in [0.2, 0.25) is 5.91 Å². The number of aromatic nitrogens is 4. The van der Waals surface area contributed by atoms with Gasteiger partial charge in [-0.25, -0.2) is 4.98 Å². The van der Waals surface area contributed by atoms with Crippen molar-refractivity contribution in [3.8, 4) is 11.3 Å². The van der Waals surface area contributed by atoms with Gasteiger partial charge in [-0.1, -0.05) is 30.3 Å². The topological polar surface area (TPSA) is 81.9 Å². The molecule has 3 aromatic heterocycles. The molecule has 0 aliphatic carbocycles. The molecule has 0 radical (unpaired) electrons. The largest absolute Gasteiger partial charge is 0.378 e. The van der Waals surface area contributed by atoms with Crippen LogP contribution in [0.5, 0.6) is 0 Å². The number of imidazole rings is 1. The van der Waals surface area contributed by atoms with Crippen molar-refractivity contribution in [3.63, 3.8) is 0 Å². The summed E-state index contributed by atoms with van der Waals surface area (Å²) in [6, 6.07) is 18.2. The molecule has 0 saturated carbocycles. The Hall–Kier alpha value is -4.66. The highest BCUT2D eigenvalue weighted by molar-refractivity contribution is 5.92. The first-order valence-electron chi connectivity index (χ1n) is 13.7. The average Bonchev–Trinajstić information content (AvgIpc) is 3.34. The second-order valence-corrected chi connectivity index (χ2v) is 10.5. The highest BCUT2D eigenvalue weighted by Crippen LogP contribution is 2.31. The van der Waals surface area contributed by atoms with E-state index in [9.17, 15) is 4.79 Å². The second kappa shape index (κ2) is 10.5. The molecule has 5 aromatic rings. The minimum atomic E-state index is -0.427. The zero-order valence-corrected chi connectivity index (χ0v) is 23.4. The van der Waals surface area contributed by atoms with Gasteiger partial charge < -0.3 is 20.0 Å². The zero-order valence-electron chi connectivity index (χ0n) is 23.4. The highest BCUT2D eigenvalue weighted by atomic mass is 16.2. The fraction of sp³-hybridized carbons (Fsp3) is 0.290. The van der Waals surface area contributed by atoms with E-state index in [1.807, 2.05) is 49.5 Å². The first-order chi connectivity index (χ1) is 19.4. The van der Waals surface area contributed by atoms with Gasteiger partial charge in [0.15, 0.2) is 5.65 Å². The van der Waals surface area contributed by atoms with Gasteiger partial charge in [-0.15, -0.1) is 0 Å². The van der Waals surface area contributed by atoms with Gasteiger partial charge in [0, 0.05) is 80.7 Å². The van der Waals surface area contributed by atoms with Crippen molar-refractivity contribution >= 4 is 39.6 Å². The van der Waals surface area contributed by atoms with Crippen molar-refractivity contribution in [1.82, 2.24) is 24.3 Å². The number of anilines is 3. The number of aryl methyl sites for hydroxylation is 1. The molecule has 1 aliphatic rings. The summed E-state index contributed by atoms with van der Waals surface area (Å²) >= 11 is 0. The molecule has 1 unspecified atom stereocenters. The van der Waals surface area contributed by atoms with E-state index >= 15 is 0 Å². The smallest absolute Gasteiger partial charge is 0.244 e. The number of carbonyl (C=O) groups is 1. The molecule has 1 saturated heterocycles. The van der Waals surface area contributed by atoms with Crippen LogP contribution in [0.1, 0.15) is 12.6 Å². The molecule has 6 rings (SSSR count). The van der Waals surface area contributed by atoms with Crippen LogP contribution in [-0.4, -0.2) is 76.5 Å². The van der Waals surface area contributed by atoms with Crippen molar-refractivity contribution in [3.05, 3.63) is 78.9 Å². The van der Waals surface area contributed by atoms with Crippen molar-refractivity contribution in [1.29, 1.82) is 0 Å². The lowest BCUT2D eigenvalue weighted by Crippen LogP contribution is -2.52. The van der Waals surface area contributed by atoms with E-state index in [1.54, 1.807) is 12.4 Å². The number of hydrogen-bond acceptors (Lipinski definition) is 7. The monoisotopic (exact) mass is 534 g/mol. The van der Waals surface area contributed by atoms with E-state index in [1.165, 1.54) is 5.69 Å². The van der Waals surface area contributed by atoms with E-state index < -0.39 is 6.04 Å². The van der Waals surface area contributed by atoms with Crippen molar-refractivity contribution in [2.24, 2.45) is 0 Å². The summed E-state index contributed by atoms with van der Waals surface area (Å²) in [5, 5.41) is 4.64. The number of amides is 1. The third-order valence-corrected chi connectivity index (χ3v) is 7.57. The van der Waals surface area contributed by atoms with Crippen LogP contribution in [0.25, 0.3) is 27.8 Å². The summed E-state index contributed by atoms with van der Waals surface area (Å²) in [6.45, 7) is 6.83. The summed E-state index contributed by atoms with van der Waals surface area (Å²) in [5.41, 5.74) is 6.80. The first kappa shape index (κ1) is 25.6. The maximum Gasteiger partial charge on any atom is 0.244 e. The van der Waals surface area contributed by atoms with E-state index in [0.29, 0.717) is 13.1 Å². The normalized spacial score (nSPS) is 14.5. The number of nitrogens with one attached hydrogen (secondary N) is 1. The Labute approximate surface area is 234 Å². The minimum Gasteiger partial charge on any atom is -0.378 e. The third kappa shape index (κ3) is 4.79. The Kier molecular flexibility index (Phi) is 6.71. The molecule has 1 amide bonds. The van der Waals surface area contributed by atoms with E-state index in [-0.39, 0.29) is 5.91 Å². The Morgan fingerprint density at radius 2 is 1.75 bits per heavy atom. The number of fused-ring (bicyclic) bond motifs is 2. The molecule has 1 fully saturated rings. The van der Waals surface area contributed by atoms with E-state index in [4.69, 9.17) is 4.98 Å². The van der Waals surface area contributed by atoms with Crippen LogP contribution in [-0.2, 0) is 4.79 Å². The van der Waals surface area contributed by atoms with E-state index in [2.05, 4.69) is 73.6 Å². The van der Waals surface area contributed by atoms with Gasteiger partial charge in [0.1, 0.15) is 17.6 Å². The molecular weight excluding hydrogens is 500 g/mol. The molecule has 1 atom stereocenters. The lowest BCUT2D eigenvalue weighted by Gasteiger charge is -2.37. The number of carbonyl (C=O) groups excluding carboxylic acids is 1. The third-order valence-electron chi connectivity index (χ3n) is 7.57. The number of piperazine rings is 1. The molecule has 9 nitrogen and oxygen atoms in total. The quantitative estimate of drug-likeness (QED) is 0.344. The maximum atomic E-state index is 13.6. The molecule has 0 bridgehead atoms. The highest BCUT2D eigenvalue weighted by Gasteiger charge is 2.27. The van der Waals surface area contributed by atoms with Gasteiger partial charge in [-0.2, -0.15) is 0 Å². The van der Waals surface area contributed by atoms with E-state index in [0.717, 1.165) is 58.1 Å². The number of nitrogens with zero attached hydrogens (tertiary/aromatic N) is 7. The molecule has 1 aliphatic heterocycles. The Balaban J connectivity index is 1.20. The van der Waals surface area contributed by atoms with Crippen molar-refractivity contribution < 1.29 is 4.79 Å². The first-order valence-corrected chi connectivity index (χ1v) is 13.7. The zero-order chi connectivity index (χ0) is 27.8. The van der Waals surface area contributed by atoms with Gasteiger partial charge in [0.05, 0.1) is 11.7 Å². The van der Waals surface area contributed by atoms with Crippen LogP contribution in [0.15, 0.2) is 73.2 Å². The summed E-state index contributed by atoms with van der Waals surface area (Å²) in [6.07, 6.45) is 5.34. The van der Waals surface area contributed by atoms with Gasteiger partial charge in [0.25, 0.3) is 0 Å². The number of pyridine rings is 1. The molecule has 9 heteroatoms. The second-order valence-electron chi connectivity index (χ2n) is 10.5. The molecule has 204 valence electrons. The fourth-order valence-corrected chi connectivity index (χ4v) is 5.42. The maximum absolute atomic E-state index is 13.6. The molecule has 1 N–H and O–H groups in total. The molecule has 2 aromatic carbocycles. The van der Waals surface area contributed by atoms with Gasteiger partial charge >= 0.3 is 0 Å². The standard InChI is InChI=1S/C31H34N8O/c1-21-19-27(25-7-5-6-8-26(25)33-21)37-15-17-38(18-16-37)31(40)22(2)34-30-29(35-28-20-32-13-14-39(28)30)23-9-11-24(12-10-23)36(3)4/h5-14,19-20,22,34H,15-18H2,1-4H3. The molecule has 40 heavy (non-hydrogen) atoms. The SMILES string of the molecule is Cc1cc(N2CCN(C(=O)C(C)Nc3c(-c4ccc(N(C)C)cc4)nc4cnccn34)CC2)c2ccccc2n1. The van der Waals surface area contributed by atoms with Crippen LogP contribution in [0.2, 0.25) is 0 Å². The van der Waals surface area contributed by atoms with Gasteiger partial charge in [-0.05, 0) is 38.1 Å². The fourth-order valence-electron chi connectivity index (χ4n) is 5.42. The summed E-state index contributed by atoms with van der Waals surface area (Å²) < 4.78 is 1.96. The summed E-state index contributed by atoms with van der Waals surface area (Å²) in [5.74, 6) is 0.863. The van der Waals surface area contributed by atoms with Crippen LogP contribution < -0.4 is 15.1 Å². The predicted octanol–water partition coefficient (Wildman–Crippen LogP) is 4.47. The lowest BCUT2D eigenvalue weighted by molar-refractivity contribution is -0.131. The van der Waals surface area contributed by atoms with Crippen LogP contribution >= 0.6 is 0 Å².